The lowest BCUT2D eigenvalue weighted by Gasteiger charge is -2.45. The van der Waals surface area contributed by atoms with Gasteiger partial charge in [0.25, 0.3) is 0 Å². The zero-order chi connectivity index (χ0) is 13.2. The molecular weight excluding hydrogens is 225 g/mol. The van der Waals surface area contributed by atoms with E-state index in [-0.39, 0.29) is 11.2 Å². The molecule has 1 fully saturated rings. The molecule has 1 aromatic rings. The highest BCUT2D eigenvalue weighted by Crippen LogP contribution is 2.36. The monoisotopic (exact) mass is 249 g/mol. The average Bonchev–Trinajstić information content (AvgIpc) is 2.24. The Labute approximate surface area is 110 Å². The van der Waals surface area contributed by atoms with Crippen molar-refractivity contribution in [2.24, 2.45) is 11.8 Å². The van der Waals surface area contributed by atoms with Gasteiger partial charge in [-0.05, 0) is 42.4 Å². The van der Waals surface area contributed by atoms with Crippen LogP contribution in [0, 0.1) is 17.7 Å². The molecule has 0 saturated carbocycles. The van der Waals surface area contributed by atoms with Gasteiger partial charge >= 0.3 is 0 Å². The molecule has 0 amide bonds. The lowest BCUT2D eigenvalue weighted by molar-refractivity contribution is 0.210. The van der Waals surface area contributed by atoms with Gasteiger partial charge in [0.2, 0.25) is 0 Å². The second-order valence-corrected chi connectivity index (χ2v) is 6.33. The van der Waals surface area contributed by atoms with E-state index in [0.717, 1.165) is 24.9 Å². The first-order valence-corrected chi connectivity index (χ1v) is 6.98. The van der Waals surface area contributed by atoms with Gasteiger partial charge in [0.15, 0.2) is 0 Å². The van der Waals surface area contributed by atoms with E-state index in [1.54, 1.807) is 12.1 Å². The van der Waals surface area contributed by atoms with E-state index in [4.69, 9.17) is 0 Å². The topological polar surface area (TPSA) is 12.0 Å². The highest BCUT2D eigenvalue weighted by Gasteiger charge is 2.39. The van der Waals surface area contributed by atoms with Crippen LogP contribution in [-0.4, -0.2) is 13.1 Å². The van der Waals surface area contributed by atoms with Crippen molar-refractivity contribution in [1.29, 1.82) is 0 Å². The highest BCUT2D eigenvalue weighted by atomic mass is 19.1. The lowest BCUT2D eigenvalue weighted by Crippen LogP contribution is -2.57. The van der Waals surface area contributed by atoms with E-state index in [9.17, 15) is 4.39 Å². The molecule has 1 aliphatic heterocycles. The van der Waals surface area contributed by atoms with Crippen molar-refractivity contribution in [1.82, 2.24) is 5.32 Å². The molecule has 1 N–H and O–H groups in total. The summed E-state index contributed by atoms with van der Waals surface area (Å²) in [4.78, 5) is 0. The van der Waals surface area contributed by atoms with Gasteiger partial charge in [-0.2, -0.15) is 0 Å². The van der Waals surface area contributed by atoms with Gasteiger partial charge in [-0.25, -0.2) is 4.39 Å². The zero-order valence-electron chi connectivity index (χ0n) is 11.7. The fraction of sp³-hybridized carbons (Fsp3) is 0.625. The van der Waals surface area contributed by atoms with Gasteiger partial charge in [0.1, 0.15) is 5.82 Å². The minimum absolute atomic E-state index is 0.142. The minimum Gasteiger partial charge on any atom is -0.315 e. The number of rotatable bonds is 5. The summed E-state index contributed by atoms with van der Waals surface area (Å²) in [5.74, 6) is 1.33. The normalized spacial score (nSPS) is 19.6. The van der Waals surface area contributed by atoms with E-state index in [1.165, 1.54) is 18.4 Å². The predicted molar refractivity (Wildman–Crippen MR) is 74.2 cm³/mol. The van der Waals surface area contributed by atoms with Crippen LogP contribution in [0.4, 0.5) is 4.39 Å². The van der Waals surface area contributed by atoms with Crippen LogP contribution in [0.1, 0.15) is 39.2 Å². The van der Waals surface area contributed by atoms with Crippen LogP contribution in [0.15, 0.2) is 24.3 Å². The Kier molecular flexibility index (Phi) is 4.06. The van der Waals surface area contributed by atoms with Crippen LogP contribution in [0.25, 0.3) is 0 Å². The van der Waals surface area contributed by atoms with Gasteiger partial charge in [-0.3, -0.25) is 0 Å². The molecule has 0 spiro atoms. The number of halogens is 1. The van der Waals surface area contributed by atoms with Gasteiger partial charge in [0.05, 0.1) is 0 Å². The van der Waals surface area contributed by atoms with Crippen LogP contribution >= 0.6 is 0 Å². The maximum absolute atomic E-state index is 13.0. The Hall–Kier alpha value is -0.890. The van der Waals surface area contributed by atoms with Crippen LogP contribution in [0.2, 0.25) is 0 Å². The van der Waals surface area contributed by atoms with Gasteiger partial charge in [-0.1, -0.05) is 32.9 Å². The Balaban J connectivity index is 2.08. The van der Waals surface area contributed by atoms with Crippen molar-refractivity contribution in [2.75, 3.05) is 13.1 Å². The number of benzene rings is 1. The molecule has 0 aliphatic carbocycles. The maximum atomic E-state index is 13.0. The fourth-order valence-electron chi connectivity index (χ4n) is 3.25. The molecule has 1 atom stereocenters. The molecular formula is C16H24FN. The van der Waals surface area contributed by atoms with Crippen molar-refractivity contribution >= 4 is 0 Å². The van der Waals surface area contributed by atoms with Crippen molar-refractivity contribution < 1.29 is 4.39 Å². The molecule has 2 rings (SSSR count). The predicted octanol–water partition coefficient (Wildman–Crippen LogP) is 3.74. The van der Waals surface area contributed by atoms with Gasteiger partial charge < -0.3 is 5.32 Å². The summed E-state index contributed by atoms with van der Waals surface area (Å²) in [6.07, 6.45) is 2.47. The molecule has 0 bridgehead atoms. The molecule has 1 aliphatic rings. The van der Waals surface area contributed by atoms with Crippen LogP contribution in [-0.2, 0) is 5.41 Å². The standard InChI is InChI=1S/C16H24FN/c1-12(2)8-13(3)9-16(10-18-11-16)14-4-6-15(17)7-5-14/h4-7,12-13,18H,8-11H2,1-3H3. The summed E-state index contributed by atoms with van der Waals surface area (Å²) in [5.41, 5.74) is 1.53. The first-order chi connectivity index (χ1) is 8.52. The smallest absolute Gasteiger partial charge is 0.123 e. The van der Waals surface area contributed by atoms with Crippen LogP contribution < -0.4 is 5.32 Å². The summed E-state index contributed by atoms with van der Waals surface area (Å²) in [7, 11) is 0. The molecule has 0 aromatic heterocycles. The maximum Gasteiger partial charge on any atom is 0.123 e. The summed E-state index contributed by atoms with van der Waals surface area (Å²) < 4.78 is 13.0. The third kappa shape index (κ3) is 2.92. The Morgan fingerprint density at radius 1 is 1.17 bits per heavy atom. The molecule has 100 valence electrons. The molecule has 1 nitrogen and oxygen atoms in total. The van der Waals surface area contributed by atoms with Crippen LogP contribution in [0.3, 0.4) is 0 Å². The third-order valence-electron chi connectivity index (χ3n) is 4.00. The molecule has 1 aromatic carbocycles. The second kappa shape index (κ2) is 5.40. The van der Waals surface area contributed by atoms with Gasteiger partial charge in [-0.15, -0.1) is 0 Å². The highest BCUT2D eigenvalue weighted by molar-refractivity contribution is 5.30. The number of hydrogen-bond acceptors (Lipinski definition) is 1. The largest absolute Gasteiger partial charge is 0.315 e. The summed E-state index contributed by atoms with van der Waals surface area (Å²) in [6, 6.07) is 7.08. The zero-order valence-corrected chi connectivity index (χ0v) is 11.7. The number of hydrogen-bond donors (Lipinski definition) is 1. The Morgan fingerprint density at radius 3 is 2.22 bits per heavy atom. The first-order valence-electron chi connectivity index (χ1n) is 6.98. The molecule has 0 radical (unpaired) electrons. The first kappa shape index (κ1) is 13.5. The molecule has 1 saturated heterocycles. The average molecular weight is 249 g/mol. The molecule has 18 heavy (non-hydrogen) atoms. The van der Waals surface area contributed by atoms with Crippen molar-refractivity contribution in [3.63, 3.8) is 0 Å². The summed E-state index contributed by atoms with van der Waals surface area (Å²) in [5, 5.41) is 3.38. The SMILES string of the molecule is CC(C)CC(C)CC1(c2ccc(F)cc2)CNC1. The Morgan fingerprint density at radius 2 is 1.78 bits per heavy atom. The van der Waals surface area contributed by atoms with Crippen molar-refractivity contribution in [2.45, 2.75) is 39.0 Å². The van der Waals surface area contributed by atoms with Crippen LogP contribution in [0.5, 0.6) is 0 Å². The van der Waals surface area contributed by atoms with E-state index in [1.807, 2.05) is 12.1 Å². The van der Waals surface area contributed by atoms with Crippen molar-refractivity contribution in [3.8, 4) is 0 Å². The quantitative estimate of drug-likeness (QED) is 0.838. The number of nitrogens with one attached hydrogen (secondary N) is 1. The Bertz CT molecular complexity index is 379. The lowest BCUT2D eigenvalue weighted by atomic mass is 9.69. The summed E-state index contributed by atoms with van der Waals surface area (Å²) >= 11 is 0. The second-order valence-electron chi connectivity index (χ2n) is 6.33. The van der Waals surface area contributed by atoms with E-state index >= 15 is 0 Å². The molecule has 1 unspecified atom stereocenters. The van der Waals surface area contributed by atoms with E-state index < -0.39 is 0 Å². The van der Waals surface area contributed by atoms with E-state index in [2.05, 4.69) is 26.1 Å². The third-order valence-corrected chi connectivity index (χ3v) is 4.00. The van der Waals surface area contributed by atoms with Crippen molar-refractivity contribution in [3.05, 3.63) is 35.6 Å². The van der Waals surface area contributed by atoms with E-state index in [0.29, 0.717) is 0 Å². The molecule has 2 heteroatoms. The molecule has 1 heterocycles. The van der Waals surface area contributed by atoms with Gasteiger partial charge in [0, 0.05) is 18.5 Å². The summed E-state index contributed by atoms with van der Waals surface area (Å²) in [6.45, 7) is 8.95. The minimum atomic E-state index is -0.142. The fourth-order valence-corrected chi connectivity index (χ4v) is 3.25.